The fraction of sp³-hybridized carbons (Fsp3) is 0.639. The van der Waals surface area contributed by atoms with Gasteiger partial charge in [0, 0.05) is 24.3 Å². The van der Waals surface area contributed by atoms with Crippen molar-refractivity contribution in [2.24, 2.45) is 0 Å². The van der Waals surface area contributed by atoms with Crippen LogP contribution >= 0.6 is 0 Å². The monoisotopic (exact) mass is 542 g/mol. The van der Waals surface area contributed by atoms with Gasteiger partial charge in [0.2, 0.25) is 0 Å². The third-order valence-corrected chi connectivity index (χ3v) is 9.91. The second-order valence-electron chi connectivity index (χ2n) is 12.9. The summed E-state index contributed by atoms with van der Waals surface area (Å²) in [4.78, 5) is 22.0. The highest BCUT2D eigenvalue weighted by Gasteiger charge is 2.28. The number of aryl methyl sites for hydroxylation is 2. The first-order chi connectivity index (χ1) is 19.6. The van der Waals surface area contributed by atoms with Gasteiger partial charge in [0.05, 0.1) is 17.0 Å². The first-order valence-electron chi connectivity index (χ1n) is 16.4. The molecule has 40 heavy (non-hydrogen) atoms. The molecule has 2 aromatic rings. The molecule has 0 unspecified atom stereocenters. The van der Waals surface area contributed by atoms with Crippen molar-refractivity contribution in [2.45, 2.75) is 146 Å². The van der Waals surface area contributed by atoms with E-state index in [1.54, 1.807) is 6.33 Å². The number of rotatable bonds is 10. The summed E-state index contributed by atoms with van der Waals surface area (Å²) in [5.74, 6) is 1.53. The lowest BCUT2D eigenvalue weighted by molar-refractivity contribution is -0.119. The Kier molecular flexibility index (Phi) is 10.6. The number of aromatic nitrogens is 2. The van der Waals surface area contributed by atoms with E-state index in [1.165, 1.54) is 79.4 Å². The van der Waals surface area contributed by atoms with E-state index >= 15 is 0 Å². The van der Waals surface area contributed by atoms with Gasteiger partial charge < -0.3 is 5.11 Å². The first kappa shape index (κ1) is 29.2. The summed E-state index contributed by atoms with van der Waals surface area (Å²) in [7, 11) is 0. The Morgan fingerprint density at radius 3 is 2.52 bits per heavy atom. The van der Waals surface area contributed by atoms with Gasteiger partial charge in [0.25, 0.3) is 0 Å². The zero-order valence-corrected chi connectivity index (χ0v) is 24.6. The molecular formula is C36H50N2O2. The molecule has 216 valence electrons. The van der Waals surface area contributed by atoms with Crippen LogP contribution in [0.2, 0.25) is 0 Å². The third kappa shape index (κ3) is 8.12. The Balaban J connectivity index is 1.07. The molecule has 2 fully saturated rings. The van der Waals surface area contributed by atoms with Crippen LogP contribution in [0.4, 0.5) is 0 Å². The van der Waals surface area contributed by atoms with Gasteiger partial charge in [-0.25, -0.2) is 9.97 Å². The average molecular weight is 543 g/mol. The summed E-state index contributed by atoms with van der Waals surface area (Å²) in [6.07, 6.45) is 27.5. The summed E-state index contributed by atoms with van der Waals surface area (Å²) in [5, 5.41) is 10.7. The third-order valence-electron chi connectivity index (χ3n) is 9.91. The lowest BCUT2D eigenvalue weighted by Gasteiger charge is -2.32. The highest BCUT2D eigenvalue weighted by Crippen LogP contribution is 2.38. The molecule has 1 aromatic heterocycles. The quantitative estimate of drug-likeness (QED) is 0.305. The van der Waals surface area contributed by atoms with E-state index in [2.05, 4.69) is 41.4 Å². The highest BCUT2D eigenvalue weighted by atomic mass is 16.3. The molecular weight excluding hydrogens is 492 g/mol. The minimum atomic E-state index is -0.453. The smallest absolute Gasteiger partial charge is 0.133 e. The van der Waals surface area contributed by atoms with Crippen LogP contribution in [0.25, 0.3) is 6.08 Å². The van der Waals surface area contributed by atoms with E-state index in [9.17, 15) is 9.90 Å². The van der Waals surface area contributed by atoms with Gasteiger partial charge in [0.15, 0.2) is 0 Å². The van der Waals surface area contributed by atoms with E-state index in [-0.39, 0.29) is 0 Å². The molecule has 2 saturated carbocycles. The summed E-state index contributed by atoms with van der Waals surface area (Å²) in [6, 6.07) is 9.08. The maximum Gasteiger partial charge on any atom is 0.133 e. The molecule has 0 saturated heterocycles. The number of hydrogen-bond donors (Lipinski definition) is 1. The normalized spacial score (nSPS) is 23.0. The Morgan fingerprint density at radius 1 is 0.900 bits per heavy atom. The van der Waals surface area contributed by atoms with Crippen molar-refractivity contribution in [3.63, 3.8) is 0 Å². The van der Waals surface area contributed by atoms with Crippen LogP contribution in [0, 0.1) is 0 Å². The van der Waals surface area contributed by atoms with Gasteiger partial charge >= 0.3 is 0 Å². The number of nitrogens with zero attached hydrogens (tertiary/aromatic N) is 2. The van der Waals surface area contributed by atoms with Crippen LogP contribution in [0.3, 0.4) is 0 Å². The Morgan fingerprint density at radius 2 is 1.70 bits per heavy atom. The van der Waals surface area contributed by atoms with Gasteiger partial charge in [-0.05, 0) is 94.1 Å². The number of hydrogen-bond acceptors (Lipinski definition) is 4. The fourth-order valence-electron chi connectivity index (χ4n) is 7.51. The van der Waals surface area contributed by atoms with E-state index in [0.717, 1.165) is 64.2 Å². The highest BCUT2D eigenvalue weighted by molar-refractivity contribution is 5.78. The predicted octanol–water partition coefficient (Wildman–Crippen LogP) is 8.81. The number of benzene rings is 1. The van der Waals surface area contributed by atoms with Crippen LogP contribution in [0.5, 0.6) is 0 Å². The minimum absolute atomic E-state index is 0.371. The maximum absolute atomic E-state index is 12.6. The van der Waals surface area contributed by atoms with Crippen molar-refractivity contribution < 1.29 is 9.90 Å². The zero-order chi connectivity index (χ0) is 27.6. The lowest BCUT2D eigenvalue weighted by Crippen LogP contribution is -2.31. The predicted molar refractivity (Wildman–Crippen MR) is 163 cm³/mol. The number of unbranched alkanes of at least 4 members (excludes halogenated alkanes) is 1. The Bertz CT molecular complexity index is 1120. The number of fused-ring (bicyclic) bond motifs is 1. The van der Waals surface area contributed by atoms with E-state index in [4.69, 9.17) is 4.98 Å². The Labute approximate surface area is 242 Å². The molecule has 0 radical (unpaired) electrons. The molecule has 5 rings (SSSR count). The van der Waals surface area contributed by atoms with Crippen LogP contribution in [0.15, 0.2) is 36.7 Å². The number of carbonyl (C=O) groups excluding carboxylic acids is 1. The maximum atomic E-state index is 12.6. The van der Waals surface area contributed by atoms with Gasteiger partial charge in [-0.2, -0.15) is 0 Å². The summed E-state index contributed by atoms with van der Waals surface area (Å²) >= 11 is 0. The van der Waals surface area contributed by atoms with E-state index < -0.39 is 5.60 Å². The molecule has 1 N–H and O–H groups in total. The number of aliphatic hydroxyl groups is 1. The number of ketones is 1. The summed E-state index contributed by atoms with van der Waals surface area (Å²) < 4.78 is 0. The van der Waals surface area contributed by atoms with Crippen molar-refractivity contribution in [2.75, 3.05) is 0 Å². The van der Waals surface area contributed by atoms with Gasteiger partial charge in [-0.3, -0.25) is 4.79 Å². The molecule has 0 bridgehead atoms. The summed E-state index contributed by atoms with van der Waals surface area (Å²) in [5.41, 5.74) is 6.16. The average Bonchev–Trinajstić information content (AvgIpc) is 3.21. The standard InChI is InChI=1S/C36H50N2O2/c39-32(18-5-8-25-36(40)23-6-2-7-24-36)22-21-28-12-9-17-31(26-28)29-13-10-15-30(16-11-14-29)35-33-19-3-1-4-20-34(33)37-27-38-35/h3,9,12,17,19,26-27,29-30,40H,1-2,4-8,10-11,13-16,18,20-25H2. The molecule has 0 amide bonds. The van der Waals surface area contributed by atoms with Crippen molar-refractivity contribution in [1.29, 1.82) is 0 Å². The molecule has 0 atom stereocenters. The number of allylic oxidation sites excluding steroid dienone is 1. The number of Topliss-reactive ketones (excluding diaryl/α,β-unsaturated/α-hetero) is 1. The lowest BCUT2D eigenvalue weighted by atomic mass is 9.80. The van der Waals surface area contributed by atoms with Crippen LogP contribution in [-0.4, -0.2) is 26.5 Å². The topological polar surface area (TPSA) is 63.1 Å². The largest absolute Gasteiger partial charge is 0.390 e. The molecule has 4 nitrogen and oxygen atoms in total. The van der Waals surface area contributed by atoms with Crippen molar-refractivity contribution >= 4 is 11.9 Å². The van der Waals surface area contributed by atoms with Gasteiger partial charge in [-0.15, -0.1) is 0 Å². The molecule has 3 aliphatic carbocycles. The summed E-state index contributed by atoms with van der Waals surface area (Å²) in [6.45, 7) is 0. The SMILES string of the molecule is O=C(CCCCC1(O)CCCCC1)CCc1cccc(C2CCCC(c3ncnc4c3C=CCCC4)CCC2)c1. The van der Waals surface area contributed by atoms with Gasteiger partial charge in [-0.1, -0.05) is 74.9 Å². The van der Waals surface area contributed by atoms with Crippen LogP contribution in [-0.2, 0) is 17.6 Å². The van der Waals surface area contributed by atoms with Crippen LogP contribution < -0.4 is 0 Å². The second kappa shape index (κ2) is 14.5. The second-order valence-corrected chi connectivity index (χ2v) is 12.9. The molecule has 4 heteroatoms. The Hall–Kier alpha value is -2.33. The van der Waals surface area contributed by atoms with Gasteiger partial charge in [0.1, 0.15) is 12.1 Å². The van der Waals surface area contributed by atoms with Crippen molar-refractivity contribution in [3.05, 3.63) is 64.7 Å². The first-order valence-corrected chi connectivity index (χ1v) is 16.4. The molecule has 1 heterocycles. The molecule has 0 aliphatic heterocycles. The van der Waals surface area contributed by atoms with E-state index in [0.29, 0.717) is 30.5 Å². The molecule has 0 spiro atoms. The molecule has 1 aromatic carbocycles. The fourth-order valence-corrected chi connectivity index (χ4v) is 7.51. The number of carbonyl (C=O) groups is 1. The van der Waals surface area contributed by atoms with Crippen molar-refractivity contribution in [3.8, 4) is 0 Å². The zero-order valence-electron chi connectivity index (χ0n) is 24.6. The van der Waals surface area contributed by atoms with Crippen LogP contribution in [0.1, 0.15) is 155 Å². The minimum Gasteiger partial charge on any atom is -0.390 e. The van der Waals surface area contributed by atoms with E-state index in [1.807, 2.05) is 0 Å². The molecule has 3 aliphatic rings. The van der Waals surface area contributed by atoms with Crippen molar-refractivity contribution in [1.82, 2.24) is 9.97 Å².